The lowest BCUT2D eigenvalue weighted by Crippen LogP contribution is -2.26. The number of nitrogens with zero attached hydrogens (tertiary/aromatic N) is 2. The van der Waals surface area contributed by atoms with Crippen molar-refractivity contribution in [2.45, 2.75) is 6.54 Å². The van der Waals surface area contributed by atoms with E-state index >= 15 is 0 Å². The highest BCUT2D eigenvalue weighted by Gasteiger charge is 2.14. The Bertz CT molecular complexity index is 670. The topological polar surface area (TPSA) is 33.2 Å². The molecule has 110 valence electrons. The lowest BCUT2D eigenvalue weighted by molar-refractivity contribution is 0.0784. The van der Waals surface area contributed by atoms with Gasteiger partial charge < -0.3 is 4.90 Å². The molecule has 7 heteroatoms. The molecule has 0 atom stereocenters. The van der Waals surface area contributed by atoms with Gasteiger partial charge in [-0.05, 0) is 29.8 Å². The van der Waals surface area contributed by atoms with Crippen LogP contribution in [0, 0.1) is 0 Å². The Morgan fingerprint density at radius 2 is 1.71 bits per heavy atom. The van der Waals surface area contributed by atoms with Gasteiger partial charge in [0, 0.05) is 29.8 Å². The number of amides is 1. The summed E-state index contributed by atoms with van der Waals surface area (Å²) in [6.45, 7) is 0.360. The number of hydrogen-bond donors (Lipinski definition) is 0. The fraction of sp³-hybridized carbons (Fsp3) is 0.143. The van der Waals surface area contributed by atoms with Crippen molar-refractivity contribution in [3.8, 4) is 0 Å². The number of benzene rings is 1. The van der Waals surface area contributed by atoms with E-state index in [1.165, 1.54) is 17.2 Å². The Morgan fingerprint density at radius 1 is 1.10 bits per heavy atom. The van der Waals surface area contributed by atoms with Gasteiger partial charge in [0.05, 0.1) is 10.6 Å². The molecular weight excluding hydrogens is 354 g/mol. The van der Waals surface area contributed by atoms with Crippen LogP contribution < -0.4 is 0 Å². The van der Waals surface area contributed by atoms with Crippen LogP contribution in [-0.4, -0.2) is 22.8 Å². The van der Waals surface area contributed by atoms with Gasteiger partial charge in [0.2, 0.25) is 0 Å². The summed E-state index contributed by atoms with van der Waals surface area (Å²) in [5.41, 5.74) is 1.19. The average molecular weight is 364 g/mol. The molecule has 0 unspecified atom stereocenters. The first kappa shape index (κ1) is 16.4. The van der Waals surface area contributed by atoms with Gasteiger partial charge in [0.1, 0.15) is 5.15 Å². The highest BCUT2D eigenvalue weighted by atomic mass is 35.5. The van der Waals surface area contributed by atoms with Crippen LogP contribution in [-0.2, 0) is 6.54 Å². The second kappa shape index (κ2) is 6.84. The maximum atomic E-state index is 12.3. The van der Waals surface area contributed by atoms with Gasteiger partial charge in [-0.25, -0.2) is 4.98 Å². The molecule has 0 bridgehead atoms. The fourth-order valence-corrected chi connectivity index (χ4v) is 2.65. The van der Waals surface area contributed by atoms with Crippen LogP contribution in [0.1, 0.15) is 15.9 Å². The van der Waals surface area contributed by atoms with Crippen LogP contribution in [0.2, 0.25) is 20.2 Å². The maximum absolute atomic E-state index is 12.3. The highest BCUT2D eigenvalue weighted by Crippen LogP contribution is 2.22. The monoisotopic (exact) mass is 362 g/mol. The van der Waals surface area contributed by atoms with E-state index in [0.717, 1.165) is 5.56 Å². The van der Waals surface area contributed by atoms with E-state index in [1.54, 1.807) is 25.2 Å². The number of hydrogen-bond acceptors (Lipinski definition) is 2. The van der Waals surface area contributed by atoms with E-state index in [1.807, 2.05) is 0 Å². The van der Waals surface area contributed by atoms with Crippen molar-refractivity contribution in [2.24, 2.45) is 0 Å². The molecule has 0 aliphatic rings. The van der Waals surface area contributed by atoms with Crippen molar-refractivity contribution in [3.63, 3.8) is 0 Å². The predicted molar refractivity (Wildman–Crippen MR) is 86.5 cm³/mol. The number of rotatable bonds is 3. The molecule has 3 nitrogen and oxygen atoms in total. The van der Waals surface area contributed by atoms with Gasteiger partial charge >= 0.3 is 0 Å². The van der Waals surface area contributed by atoms with E-state index < -0.39 is 0 Å². The molecule has 1 aromatic carbocycles. The number of carbonyl (C=O) groups excluding carboxylic acids is 1. The van der Waals surface area contributed by atoms with E-state index in [-0.39, 0.29) is 16.1 Å². The predicted octanol–water partition coefficient (Wildman–Crippen LogP) is 4.97. The van der Waals surface area contributed by atoms with Crippen molar-refractivity contribution < 1.29 is 4.79 Å². The summed E-state index contributed by atoms with van der Waals surface area (Å²) in [7, 11) is 1.67. The molecule has 0 spiro atoms. The zero-order chi connectivity index (χ0) is 15.6. The van der Waals surface area contributed by atoms with Crippen LogP contribution in [0.25, 0.3) is 0 Å². The molecule has 0 radical (unpaired) electrons. The molecule has 2 rings (SSSR count). The quantitative estimate of drug-likeness (QED) is 0.721. The smallest absolute Gasteiger partial charge is 0.255 e. The lowest BCUT2D eigenvalue weighted by Gasteiger charge is -2.17. The van der Waals surface area contributed by atoms with Crippen molar-refractivity contribution in [1.82, 2.24) is 9.88 Å². The summed E-state index contributed by atoms with van der Waals surface area (Å²) < 4.78 is 0. The van der Waals surface area contributed by atoms with Crippen molar-refractivity contribution in [1.29, 1.82) is 0 Å². The maximum Gasteiger partial charge on any atom is 0.255 e. The van der Waals surface area contributed by atoms with Crippen LogP contribution in [0.3, 0.4) is 0 Å². The Balaban J connectivity index is 2.17. The lowest BCUT2D eigenvalue weighted by atomic mass is 10.2. The van der Waals surface area contributed by atoms with Gasteiger partial charge in [-0.2, -0.15) is 0 Å². The molecule has 0 N–H and O–H groups in total. The molecule has 0 aliphatic carbocycles. The van der Waals surface area contributed by atoms with Crippen molar-refractivity contribution >= 4 is 52.3 Å². The van der Waals surface area contributed by atoms with E-state index in [2.05, 4.69) is 4.98 Å². The minimum Gasteiger partial charge on any atom is -0.337 e. The van der Waals surface area contributed by atoms with E-state index in [4.69, 9.17) is 46.4 Å². The average Bonchev–Trinajstić information content (AvgIpc) is 2.39. The summed E-state index contributed by atoms with van der Waals surface area (Å²) in [6.07, 6.45) is 1.39. The van der Waals surface area contributed by atoms with Gasteiger partial charge in [-0.15, -0.1) is 0 Å². The molecule has 1 amide bonds. The Hall–Kier alpha value is -1.000. The molecular formula is C14H10Cl4N2O. The molecule has 2 aromatic rings. The van der Waals surface area contributed by atoms with Gasteiger partial charge in [0.25, 0.3) is 5.91 Å². The summed E-state index contributed by atoms with van der Waals surface area (Å²) in [4.78, 5) is 17.7. The molecule has 0 saturated heterocycles. The number of aromatic nitrogens is 1. The van der Waals surface area contributed by atoms with Crippen LogP contribution in [0.15, 0.2) is 30.5 Å². The summed E-state index contributed by atoms with van der Waals surface area (Å²) in [5, 5.41) is 1.45. The number of carbonyl (C=O) groups is 1. The fourth-order valence-electron chi connectivity index (χ4n) is 1.81. The normalized spacial score (nSPS) is 10.5. The highest BCUT2D eigenvalue weighted by molar-refractivity contribution is 6.41. The molecule has 1 heterocycles. The zero-order valence-corrected chi connectivity index (χ0v) is 13.9. The third-order valence-electron chi connectivity index (χ3n) is 2.73. The van der Waals surface area contributed by atoms with Crippen LogP contribution in [0.5, 0.6) is 0 Å². The molecule has 1 aromatic heterocycles. The third-order valence-corrected chi connectivity index (χ3v) is 3.85. The first-order valence-electron chi connectivity index (χ1n) is 5.88. The summed E-state index contributed by atoms with van der Waals surface area (Å²) >= 11 is 23.5. The standard InChI is InChI=1S/C14H10Cl4N2O/c1-20(7-8-2-10(15)5-11(16)3-8)14(21)9-4-12(17)13(18)19-6-9/h2-6H,7H2,1H3. The second-order valence-corrected chi connectivity index (χ2v) is 6.07. The van der Waals surface area contributed by atoms with Crippen molar-refractivity contribution in [3.05, 3.63) is 61.8 Å². The third kappa shape index (κ3) is 4.24. The zero-order valence-electron chi connectivity index (χ0n) is 10.9. The first-order chi connectivity index (χ1) is 9.86. The van der Waals surface area contributed by atoms with E-state index in [0.29, 0.717) is 22.2 Å². The van der Waals surface area contributed by atoms with Crippen LogP contribution in [0.4, 0.5) is 0 Å². The molecule has 0 aliphatic heterocycles. The number of pyridine rings is 1. The molecule has 0 saturated carbocycles. The van der Waals surface area contributed by atoms with Crippen molar-refractivity contribution in [2.75, 3.05) is 7.05 Å². The van der Waals surface area contributed by atoms with Gasteiger partial charge in [-0.3, -0.25) is 4.79 Å². The minimum atomic E-state index is -0.225. The van der Waals surface area contributed by atoms with Crippen LogP contribution >= 0.6 is 46.4 Å². The molecule has 21 heavy (non-hydrogen) atoms. The molecule has 0 fully saturated rings. The largest absolute Gasteiger partial charge is 0.337 e. The summed E-state index contributed by atoms with van der Waals surface area (Å²) in [5.74, 6) is -0.225. The second-order valence-electron chi connectivity index (χ2n) is 4.44. The van der Waals surface area contributed by atoms with E-state index in [9.17, 15) is 4.79 Å². The Kier molecular flexibility index (Phi) is 5.33. The minimum absolute atomic E-state index is 0.164. The summed E-state index contributed by atoms with van der Waals surface area (Å²) in [6, 6.07) is 6.63. The Labute approximate surface area is 142 Å². The SMILES string of the molecule is CN(Cc1cc(Cl)cc(Cl)c1)C(=O)c1cnc(Cl)c(Cl)c1. The van der Waals surface area contributed by atoms with Gasteiger partial charge in [0.15, 0.2) is 0 Å². The number of halogens is 4. The first-order valence-corrected chi connectivity index (χ1v) is 7.39. The Morgan fingerprint density at radius 3 is 2.29 bits per heavy atom. The van der Waals surface area contributed by atoms with Gasteiger partial charge in [-0.1, -0.05) is 46.4 Å².